The number of nitrogens with one attached hydrogen (secondary N) is 1. The Kier molecular flexibility index (Phi) is 8.63. The second kappa shape index (κ2) is 12.1. The molecule has 0 unspecified atom stereocenters. The lowest BCUT2D eigenvalue weighted by Crippen LogP contribution is -2.49. The Morgan fingerprint density at radius 2 is 1.65 bits per heavy atom. The Labute approximate surface area is 219 Å². The Hall–Kier alpha value is -3.62. The van der Waals surface area contributed by atoms with Gasteiger partial charge in [0.25, 0.3) is 15.9 Å². The predicted molar refractivity (Wildman–Crippen MR) is 147 cm³/mol. The van der Waals surface area contributed by atoms with E-state index in [1.165, 1.54) is 11.6 Å². The minimum atomic E-state index is -3.73. The molecule has 194 valence electrons. The summed E-state index contributed by atoms with van der Waals surface area (Å²) in [5.74, 6) is 0.420. The molecule has 1 saturated heterocycles. The van der Waals surface area contributed by atoms with Crippen LogP contribution >= 0.6 is 0 Å². The van der Waals surface area contributed by atoms with Gasteiger partial charge in [-0.25, -0.2) is 8.42 Å². The SMILES string of the molecule is Cc1ccc(NS(=O)(=O)c2ccc(OCC(=O)N3CCN(C/C=C/c4ccccc4)CC3)c(C)c2)cc1. The monoisotopic (exact) mass is 519 g/mol. The van der Waals surface area contributed by atoms with Gasteiger partial charge in [-0.05, 0) is 55.3 Å². The van der Waals surface area contributed by atoms with Gasteiger partial charge in [0.1, 0.15) is 5.75 Å². The van der Waals surface area contributed by atoms with Gasteiger partial charge in [0.15, 0.2) is 6.61 Å². The number of amides is 1. The number of hydrogen-bond donors (Lipinski definition) is 1. The highest BCUT2D eigenvalue weighted by atomic mass is 32.2. The molecule has 1 N–H and O–H groups in total. The van der Waals surface area contributed by atoms with Crippen molar-refractivity contribution in [1.82, 2.24) is 9.80 Å². The van der Waals surface area contributed by atoms with E-state index in [9.17, 15) is 13.2 Å². The van der Waals surface area contributed by atoms with Crippen molar-refractivity contribution in [1.29, 1.82) is 0 Å². The van der Waals surface area contributed by atoms with Crippen LogP contribution in [-0.2, 0) is 14.8 Å². The number of hydrogen-bond acceptors (Lipinski definition) is 5. The zero-order valence-electron chi connectivity index (χ0n) is 21.3. The standard InChI is InChI=1S/C29H33N3O4S/c1-23-10-12-26(13-11-23)30-37(34,35)27-14-15-28(24(2)21-27)36-22-29(33)32-19-17-31(18-20-32)16-6-9-25-7-4-3-5-8-25/h3-15,21,30H,16-20,22H2,1-2H3/b9-6+. The summed E-state index contributed by atoms with van der Waals surface area (Å²) in [4.78, 5) is 17.0. The van der Waals surface area contributed by atoms with Gasteiger partial charge in [0, 0.05) is 38.4 Å². The third-order valence-corrected chi connectivity index (χ3v) is 7.69. The lowest BCUT2D eigenvalue weighted by molar-refractivity contribution is -0.135. The molecule has 1 fully saturated rings. The van der Waals surface area contributed by atoms with E-state index in [2.05, 4.69) is 33.9 Å². The van der Waals surface area contributed by atoms with Crippen molar-refractivity contribution >= 4 is 27.7 Å². The molecule has 7 nitrogen and oxygen atoms in total. The smallest absolute Gasteiger partial charge is 0.261 e. The van der Waals surface area contributed by atoms with Gasteiger partial charge in [0.05, 0.1) is 4.90 Å². The fourth-order valence-corrected chi connectivity index (χ4v) is 5.24. The van der Waals surface area contributed by atoms with Crippen molar-refractivity contribution in [2.24, 2.45) is 0 Å². The van der Waals surface area contributed by atoms with Gasteiger partial charge in [-0.15, -0.1) is 0 Å². The number of aryl methyl sites for hydroxylation is 2. The number of rotatable bonds is 9. The lowest BCUT2D eigenvalue weighted by Gasteiger charge is -2.34. The average molecular weight is 520 g/mol. The first-order valence-electron chi connectivity index (χ1n) is 12.3. The number of ether oxygens (including phenoxy) is 1. The van der Waals surface area contributed by atoms with E-state index in [4.69, 9.17) is 4.74 Å². The maximum Gasteiger partial charge on any atom is 0.261 e. The Balaban J connectivity index is 1.25. The van der Waals surface area contributed by atoms with Crippen LogP contribution in [0.2, 0.25) is 0 Å². The van der Waals surface area contributed by atoms with Crippen molar-refractivity contribution in [2.75, 3.05) is 44.1 Å². The molecule has 0 atom stereocenters. The molecule has 0 aliphatic carbocycles. The summed E-state index contributed by atoms with van der Waals surface area (Å²) in [6, 6.07) is 22.0. The molecule has 0 spiro atoms. The number of piperazine rings is 1. The minimum Gasteiger partial charge on any atom is -0.483 e. The third kappa shape index (κ3) is 7.44. The van der Waals surface area contributed by atoms with Crippen LogP contribution in [0.15, 0.2) is 83.8 Å². The molecular formula is C29H33N3O4S. The average Bonchev–Trinajstić information content (AvgIpc) is 2.90. The van der Waals surface area contributed by atoms with Crippen LogP contribution in [-0.4, -0.2) is 63.5 Å². The van der Waals surface area contributed by atoms with Gasteiger partial charge in [-0.2, -0.15) is 0 Å². The molecule has 0 bridgehead atoms. The fourth-order valence-electron chi connectivity index (χ4n) is 4.10. The zero-order chi connectivity index (χ0) is 26.3. The van der Waals surface area contributed by atoms with Gasteiger partial charge in [-0.3, -0.25) is 14.4 Å². The van der Waals surface area contributed by atoms with Crippen LogP contribution in [0, 0.1) is 13.8 Å². The summed E-state index contributed by atoms with van der Waals surface area (Å²) in [6.45, 7) is 7.41. The first-order valence-corrected chi connectivity index (χ1v) is 13.8. The first-order chi connectivity index (χ1) is 17.8. The van der Waals surface area contributed by atoms with Crippen LogP contribution in [0.3, 0.4) is 0 Å². The lowest BCUT2D eigenvalue weighted by atomic mass is 10.2. The van der Waals surface area contributed by atoms with E-state index in [1.54, 1.807) is 31.2 Å². The number of nitrogens with zero attached hydrogens (tertiary/aromatic N) is 2. The summed E-state index contributed by atoms with van der Waals surface area (Å²) >= 11 is 0. The Morgan fingerprint density at radius 3 is 2.32 bits per heavy atom. The molecule has 3 aromatic rings. The van der Waals surface area contributed by atoms with E-state index in [-0.39, 0.29) is 17.4 Å². The van der Waals surface area contributed by atoms with Crippen LogP contribution in [0.25, 0.3) is 6.08 Å². The molecule has 1 aliphatic rings. The van der Waals surface area contributed by atoms with Crippen molar-refractivity contribution in [3.05, 3.63) is 95.6 Å². The van der Waals surface area contributed by atoms with Gasteiger partial charge in [0.2, 0.25) is 0 Å². The van der Waals surface area contributed by atoms with Crippen molar-refractivity contribution in [3.8, 4) is 5.75 Å². The van der Waals surface area contributed by atoms with Crippen molar-refractivity contribution in [2.45, 2.75) is 18.7 Å². The number of anilines is 1. The minimum absolute atomic E-state index is 0.0726. The molecule has 8 heteroatoms. The van der Waals surface area contributed by atoms with Gasteiger partial charge in [-0.1, -0.05) is 60.2 Å². The van der Waals surface area contributed by atoms with E-state index < -0.39 is 10.0 Å². The summed E-state index contributed by atoms with van der Waals surface area (Å²) in [5, 5.41) is 0. The number of sulfonamides is 1. The van der Waals surface area contributed by atoms with Crippen LogP contribution < -0.4 is 9.46 Å². The van der Waals surface area contributed by atoms with Crippen LogP contribution in [0.4, 0.5) is 5.69 Å². The summed E-state index contributed by atoms with van der Waals surface area (Å²) in [6.07, 6.45) is 4.27. The van der Waals surface area contributed by atoms with Crippen molar-refractivity contribution < 1.29 is 17.9 Å². The summed E-state index contributed by atoms with van der Waals surface area (Å²) in [5.41, 5.74) is 3.38. The van der Waals surface area contributed by atoms with Crippen molar-refractivity contribution in [3.63, 3.8) is 0 Å². The van der Waals surface area contributed by atoms with Crippen LogP contribution in [0.5, 0.6) is 5.75 Å². The van der Waals surface area contributed by atoms with Gasteiger partial charge < -0.3 is 9.64 Å². The predicted octanol–water partition coefficient (Wildman–Crippen LogP) is 4.34. The van der Waals surface area contributed by atoms with Gasteiger partial charge >= 0.3 is 0 Å². The Bertz CT molecular complexity index is 1330. The maximum atomic E-state index is 12.8. The first kappa shape index (κ1) is 26.4. The number of carbonyl (C=O) groups is 1. The molecule has 0 aromatic heterocycles. The molecule has 0 saturated carbocycles. The number of carbonyl (C=O) groups excluding carboxylic acids is 1. The summed E-state index contributed by atoms with van der Waals surface area (Å²) < 4.78 is 33.9. The molecule has 37 heavy (non-hydrogen) atoms. The van der Waals surface area contributed by atoms with E-state index in [1.807, 2.05) is 42.2 Å². The molecule has 1 amide bonds. The zero-order valence-corrected chi connectivity index (χ0v) is 22.1. The highest BCUT2D eigenvalue weighted by Gasteiger charge is 2.21. The Morgan fingerprint density at radius 1 is 0.946 bits per heavy atom. The van der Waals surface area contributed by atoms with Crippen LogP contribution in [0.1, 0.15) is 16.7 Å². The highest BCUT2D eigenvalue weighted by Crippen LogP contribution is 2.24. The quantitative estimate of drug-likeness (QED) is 0.455. The topological polar surface area (TPSA) is 78.9 Å². The third-order valence-electron chi connectivity index (χ3n) is 6.31. The highest BCUT2D eigenvalue weighted by molar-refractivity contribution is 7.92. The van der Waals surface area contributed by atoms with E-state index >= 15 is 0 Å². The molecule has 1 aliphatic heterocycles. The van der Waals surface area contributed by atoms with E-state index in [0.29, 0.717) is 30.1 Å². The molecule has 0 radical (unpaired) electrons. The maximum absolute atomic E-state index is 12.8. The fraction of sp³-hybridized carbons (Fsp3) is 0.276. The second-order valence-corrected chi connectivity index (χ2v) is 10.9. The molecular weight excluding hydrogens is 486 g/mol. The molecule has 1 heterocycles. The molecule has 4 rings (SSSR count). The van der Waals surface area contributed by atoms with E-state index in [0.717, 1.165) is 25.2 Å². The molecule has 3 aromatic carbocycles. The normalized spacial score (nSPS) is 14.6. The second-order valence-electron chi connectivity index (χ2n) is 9.18. The largest absolute Gasteiger partial charge is 0.483 e. The summed E-state index contributed by atoms with van der Waals surface area (Å²) in [7, 11) is -3.73. The number of benzene rings is 3.